The number of aliphatic carboxylic acids is 1. The first-order valence-corrected chi connectivity index (χ1v) is 5.97. The molecule has 2 unspecified atom stereocenters. The molecule has 0 saturated heterocycles. The second-order valence-corrected chi connectivity index (χ2v) is 4.71. The Labute approximate surface area is 103 Å². The predicted molar refractivity (Wildman–Crippen MR) is 69.1 cm³/mol. The van der Waals surface area contributed by atoms with Crippen molar-refractivity contribution in [3.8, 4) is 0 Å². The molecule has 0 aliphatic rings. The molecule has 0 fully saturated rings. The first-order valence-electron chi connectivity index (χ1n) is 5.97. The van der Waals surface area contributed by atoms with E-state index in [4.69, 9.17) is 5.11 Å². The van der Waals surface area contributed by atoms with Crippen LogP contribution in [0, 0.1) is 5.92 Å². The van der Waals surface area contributed by atoms with Gasteiger partial charge < -0.3 is 10.4 Å². The van der Waals surface area contributed by atoms with Gasteiger partial charge in [0.05, 0.1) is 5.92 Å². The van der Waals surface area contributed by atoms with E-state index in [-0.39, 0.29) is 6.04 Å². The lowest BCUT2D eigenvalue weighted by atomic mass is 9.92. The van der Waals surface area contributed by atoms with E-state index in [2.05, 4.69) is 31.3 Å². The highest BCUT2D eigenvalue weighted by molar-refractivity contribution is 5.70. The Kier molecular flexibility index (Phi) is 4.70. The van der Waals surface area contributed by atoms with E-state index in [1.807, 2.05) is 12.1 Å². The fourth-order valence-electron chi connectivity index (χ4n) is 1.94. The van der Waals surface area contributed by atoms with E-state index in [1.54, 1.807) is 14.0 Å². The molecule has 2 atom stereocenters. The van der Waals surface area contributed by atoms with Gasteiger partial charge in [-0.15, -0.1) is 0 Å². The average Bonchev–Trinajstić information content (AvgIpc) is 2.30. The second-order valence-electron chi connectivity index (χ2n) is 4.71. The number of rotatable bonds is 5. The topological polar surface area (TPSA) is 49.3 Å². The Morgan fingerprint density at radius 1 is 1.12 bits per heavy atom. The quantitative estimate of drug-likeness (QED) is 0.825. The van der Waals surface area contributed by atoms with Crippen LogP contribution in [0.1, 0.15) is 43.9 Å². The molecule has 1 rings (SSSR count). The molecule has 0 amide bonds. The second kappa shape index (κ2) is 5.82. The zero-order valence-electron chi connectivity index (χ0n) is 10.9. The fourth-order valence-corrected chi connectivity index (χ4v) is 1.94. The molecule has 2 N–H and O–H groups in total. The van der Waals surface area contributed by atoms with Gasteiger partial charge in [0.2, 0.25) is 0 Å². The molecular weight excluding hydrogens is 214 g/mol. The van der Waals surface area contributed by atoms with Gasteiger partial charge in [0.15, 0.2) is 0 Å². The highest BCUT2D eigenvalue weighted by Crippen LogP contribution is 2.24. The number of carbonyl (C=O) groups is 1. The van der Waals surface area contributed by atoms with Crippen LogP contribution in [0.5, 0.6) is 0 Å². The van der Waals surface area contributed by atoms with Gasteiger partial charge in [0.25, 0.3) is 0 Å². The minimum absolute atomic E-state index is 0.145. The van der Waals surface area contributed by atoms with Crippen LogP contribution >= 0.6 is 0 Å². The van der Waals surface area contributed by atoms with Crippen molar-refractivity contribution < 1.29 is 9.90 Å². The largest absolute Gasteiger partial charge is 0.481 e. The van der Waals surface area contributed by atoms with Crippen LogP contribution in [0.15, 0.2) is 24.3 Å². The number of hydrogen-bond acceptors (Lipinski definition) is 2. The Morgan fingerprint density at radius 2 is 1.59 bits per heavy atom. The van der Waals surface area contributed by atoms with Gasteiger partial charge in [0, 0.05) is 6.04 Å². The molecule has 0 aromatic heterocycles. The molecule has 0 aliphatic carbocycles. The first-order chi connectivity index (χ1) is 7.97. The van der Waals surface area contributed by atoms with Gasteiger partial charge in [-0.1, -0.05) is 45.0 Å². The Hall–Kier alpha value is -1.35. The summed E-state index contributed by atoms with van der Waals surface area (Å²) in [4.78, 5) is 11.0. The lowest BCUT2D eigenvalue weighted by molar-refractivity contribution is -0.142. The molecule has 0 saturated carbocycles. The van der Waals surface area contributed by atoms with Crippen LogP contribution in [-0.2, 0) is 4.79 Å². The van der Waals surface area contributed by atoms with Crippen LogP contribution in [0.25, 0.3) is 0 Å². The van der Waals surface area contributed by atoms with Crippen LogP contribution in [0.3, 0.4) is 0 Å². The standard InChI is InChI=1S/C14H21NO2/c1-9(2)11-5-7-12(8-6-11)13(15-4)10(3)14(16)17/h5-10,13,15H,1-4H3,(H,16,17). The van der Waals surface area contributed by atoms with Crippen molar-refractivity contribution in [1.29, 1.82) is 0 Å². The van der Waals surface area contributed by atoms with E-state index in [0.717, 1.165) is 5.56 Å². The van der Waals surface area contributed by atoms with E-state index in [9.17, 15) is 4.79 Å². The molecule has 0 heterocycles. The van der Waals surface area contributed by atoms with Crippen LogP contribution in [0.2, 0.25) is 0 Å². The van der Waals surface area contributed by atoms with Crippen molar-refractivity contribution >= 4 is 5.97 Å². The van der Waals surface area contributed by atoms with Crippen molar-refractivity contribution in [2.24, 2.45) is 5.92 Å². The summed E-state index contributed by atoms with van der Waals surface area (Å²) in [7, 11) is 1.79. The number of nitrogens with one attached hydrogen (secondary N) is 1. The summed E-state index contributed by atoms with van der Waals surface area (Å²) < 4.78 is 0. The van der Waals surface area contributed by atoms with Gasteiger partial charge in [-0.3, -0.25) is 4.79 Å². The minimum atomic E-state index is -0.780. The van der Waals surface area contributed by atoms with Crippen molar-refractivity contribution in [2.75, 3.05) is 7.05 Å². The predicted octanol–water partition coefficient (Wildman–Crippen LogP) is 2.79. The molecule has 1 aromatic rings. The molecular formula is C14H21NO2. The third kappa shape index (κ3) is 3.30. The SMILES string of the molecule is CNC(c1ccc(C(C)C)cc1)C(C)C(=O)O. The van der Waals surface area contributed by atoms with Crippen LogP contribution < -0.4 is 5.32 Å². The van der Waals surface area contributed by atoms with E-state index in [1.165, 1.54) is 5.56 Å². The maximum Gasteiger partial charge on any atom is 0.308 e. The molecule has 94 valence electrons. The van der Waals surface area contributed by atoms with Crippen molar-refractivity contribution in [3.05, 3.63) is 35.4 Å². The molecule has 1 aromatic carbocycles. The summed E-state index contributed by atoms with van der Waals surface area (Å²) in [6, 6.07) is 8.01. The fraction of sp³-hybridized carbons (Fsp3) is 0.500. The summed E-state index contributed by atoms with van der Waals surface area (Å²) in [5.74, 6) is -0.726. The summed E-state index contributed by atoms with van der Waals surface area (Å²) >= 11 is 0. The normalized spacial score (nSPS) is 14.6. The third-order valence-corrected chi connectivity index (χ3v) is 3.16. The summed E-state index contributed by atoms with van der Waals surface area (Å²) in [5.41, 5.74) is 2.29. The summed E-state index contributed by atoms with van der Waals surface area (Å²) in [6.45, 7) is 6.01. The van der Waals surface area contributed by atoms with E-state index < -0.39 is 11.9 Å². The highest BCUT2D eigenvalue weighted by Gasteiger charge is 2.23. The van der Waals surface area contributed by atoms with Gasteiger partial charge in [-0.2, -0.15) is 0 Å². The molecule has 3 heteroatoms. The van der Waals surface area contributed by atoms with Crippen LogP contribution in [-0.4, -0.2) is 18.1 Å². The maximum absolute atomic E-state index is 11.0. The van der Waals surface area contributed by atoms with E-state index in [0.29, 0.717) is 5.92 Å². The summed E-state index contributed by atoms with van der Waals surface area (Å²) in [6.07, 6.45) is 0. The molecule has 0 spiro atoms. The first kappa shape index (κ1) is 13.7. The van der Waals surface area contributed by atoms with E-state index >= 15 is 0 Å². The van der Waals surface area contributed by atoms with Gasteiger partial charge in [-0.25, -0.2) is 0 Å². The highest BCUT2D eigenvalue weighted by atomic mass is 16.4. The van der Waals surface area contributed by atoms with Crippen molar-refractivity contribution in [1.82, 2.24) is 5.32 Å². The smallest absolute Gasteiger partial charge is 0.308 e. The van der Waals surface area contributed by atoms with Gasteiger partial charge in [-0.05, 0) is 24.1 Å². The number of benzene rings is 1. The molecule has 3 nitrogen and oxygen atoms in total. The maximum atomic E-state index is 11.0. The zero-order chi connectivity index (χ0) is 13.0. The van der Waals surface area contributed by atoms with Crippen molar-refractivity contribution in [3.63, 3.8) is 0 Å². The lowest BCUT2D eigenvalue weighted by Gasteiger charge is -2.21. The molecule has 0 aliphatic heterocycles. The number of hydrogen-bond donors (Lipinski definition) is 2. The third-order valence-electron chi connectivity index (χ3n) is 3.16. The molecule has 0 radical (unpaired) electrons. The average molecular weight is 235 g/mol. The molecule has 17 heavy (non-hydrogen) atoms. The monoisotopic (exact) mass is 235 g/mol. The van der Waals surface area contributed by atoms with Crippen LogP contribution in [0.4, 0.5) is 0 Å². The van der Waals surface area contributed by atoms with Gasteiger partial charge in [0.1, 0.15) is 0 Å². The minimum Gasteiger partial charge on any atom is -0.481 e. The Balaban J connectivity index is 2.93. The Morgan fingerprint density at radius 3 is 1.94 bits per heavy atom. The van der Waals surface area contributed by atoms with Gasteiger partial charge >= 0.3 is 5.97 Å². The number of carboxylic acids is 1. The van der Waals surface area contributed by atoms with Crippen molar-refractivity contribution in [2.45, 2.75) is 32.7 Å². The lowest BCUT2D eigenvalue weighted by Crippen LogP contribution is -2.28. The molecule has 0 bridgehead atoms. The number of carboxylic acid groups (broad SMARTS) is 1. The zero-order valence-corrected chi connectivity index (χ0v) is 10.9. The Bertz CT molecular complexity index is 370. The summed E-state index contributed by atoms with van der Waals surface area (Å²) in [5, 5.41) is 12.1.